The van der Waals surface area contributed by atoms with Crippen molar-refractivity contribution < 1.29 is 4.79 Å². The first kappa shape index (κ1) is 17.7. The number of nitrogens with one attached hydrogen (secondary N) is 3. The molecule has 1 aliphatic rings. The number of para-hydroxylation sites is 1. The molecule has 3 N–H and O–H groups in total. The number of aromatic amines is 2. The monoisotopic (exact) mass is 386 g/mol. The molecule has 4 aromatic rings. The highest BCUT2D eigenvalue weighted by Crippen LogP contribution is 2.34. The van der Waals surface area contributed by atoms with Crippen molar-refractivity contribution in [2.45, 2.75) is 37.6 Å². The molecule has 29 heavy (non-hydrogen) atoms. The van der Waals surface area contributed by atoms with Gasteiger partial charge in [-0.15, -0.1) is 0 Å². The first-order valence-corrected chi connectivity index (χ1v) is 10.0. The summed E-state index contributed by atoms with van der Waals surface area (Å²) in [5.41, 5.74) is 2.38. The fraction of sp³-hybridized carbons (Fsp3) is 0.261. The molecule has 2 aromatic heterocycles. The number of aromatic nitrogens is 3. The molecule has 6 nitrogen and oxygen atoms in total. The van der Waals surface area contributed by atoms with Gasteiger partial charge < -0.3 is 10.3 Å². The largest absolute Gasteiger partial charge is 0.351 e. The second kappa shape index (κ2) is 7.20. The molecular weight excluding hydrogens is 364 g/mol. The number of nitrogens with zero attached hydrogens (tertiary/aromatic N) is 1. The lowest BCUT2D eigenvalue weighted by molar-refractivity contribution is 0.0921. The number of carbonyl (C=O) groups excluding carboxylic acids is 1. The van der Waals surface area contributed by atoms with Gasteiger partial charge >= 0.3 is 0 Å². The smallest absolute Gasteiger partial charge is 0.272 e. The van der Waals surface area contributed by atoms with Gasteiger partial charge in [0.2, 0.25) is 0 Å². The van der Waals surface area contributed by atoms with Crippen molar-refractivity contribution in [3.63, 3.8) is 0 Å². The zero-order valence-corrected chi connectivity index (χ0v) is 15.9. The highest BCUT2D eigenvalue weighted by Gasteiger charge is 2.26. The fourth-order valence-corrected chi connectivity index (χ4v) is 4.42. The Morgan fingerprint density at radius 3 is 2.48 bits per heavy atom. The van der Waals surface area contributed by atoms with Crippen LogP contribution >= 0.6 is 0 Å². The topological polar surface area (TPSA) is 90.6 Å². The molecule has 146 valence electrons. The summed E-state index contributed by atoms with van der Waals surface area (Å²) in [6.45, 7) is 0. The number of rotatable bonds is 3. The van der Waals surface area contributed by atoms with E-state index in [1.54, 1.807) is 0 Å². The Labute approximate surface area is 167 Å². The molecule has 0 radical (unpaired) electrons. The Morgan fingerprint density at radius 2 is 1.69 bits per heavy atom. The van der Waals surface area contributed by atoms with Crippen LogP contribution in [0.1, 0.15) is 47.8 Å². The summed E-state index contributed by atoms with van der Waals surface area (Å²) in [4.78, 5) is 27.9. The van der Waals surface area contributed by atoms with E-state index >= 15 is 0 Å². The van der Waals surface area contributed by atoms with E-state index in [4.69, 9.17) is 0 Å². The van der Waals surface area contributed by atoms with E-state index in [1.807, 2.05) is 54.6 Å². The minimum absolute atomic E-state index is 0.0581. The lowest BCUT2D eigenvalue weighted by Gasteiger charge is -2.29. The van der Waals surface area contributed by atoms with E-state index in [2.05, 4.69) is 20.5 Å². The van der Waals surface area contributed by atoms with Crippen molar-refractivity contribution in [2.75, 3.05) is 0 Å². The summed E-state index contributed by atoms with van der Waals surface area (Å²) in [7, 11) is 0. The van der Waals surface area contributed by atoms with Crippen LogP contribution in [0.5, 0.6) is 0 Å². The van der Waals surface area contributed by atoms with Gasteiger partial charge in [-0.3, -0.25) is 9.59 Å². The van der Waals surface area contributed by atoms with Gasteiger partial charge in [0.1, 0.15) is 5.69 Å². The normalized spacial score (nSPS) is 19.4. The van der Waals surface area contributed by atoms with Crippen molar-refractivity contribution in [3.05, 3.63) is 76.3 Å². The summed E-state index contributed by atoms with van der Waals surface area (Å²) in [6.07, 6.45) is 3.65. The minimum Gasteiger partial charge on any atom is -0.351 e. The molecule has 1 aliphatic carbocycles. The van der Waals surface area contributed by atoms with Gasteiger partial charge in [0.25, 0.3) is 11.5 Å². The molecule has 0 aliphatic heterocycles. The van der Waals surface area contributed by atoms with E-state index in [9.17, 15) is 9.59 Å². The summed E-state index contributed by atoms with van der Waals surface area (Å²) < 4.78 is 0. The predicted molar refractivity (Wildman–Crippen MR) is 113 cm³/mol. The average molecular weight is 386 g/mol. The second-order valence-electron chi connectivity index (χ2n) is 7.78. The zero-order chi connectivity index (χ0) is 19.8. The van der Waals surface area contributed by atoms with Crippen molar-refractivity contribution in [2.24, 2.45) is 0 Å². The number of benzene rings is 2. The molecule has 1 amide bonds. The highest BCUT2D eigenvalue weighted by atomic mass is 16.2. The molecule has 6 heteroatoms. The van der Waals surface area contributed by atoms with E-state index in [-0.39, 0.29) is 23.4 Å². The van der Waals surface area contributed by atoms with E-state index < -0.39 is 0 Å². The lowest BCUT2D eigenvalue weighted by atomic mass is 9.82. The molecule has 2 heterocycles. The number of hydrogen-bond donors (Lipinski definition) is 3. The molecule has 2 aromatic carbocycles. The van der Waals surface area contributed by atoms with Gasteiger partial charge in [0.15, 0.2) is 0 Å². The quantitative estimate of drug-likeness (QED) is 0.499. The first-order chi connectivity index (χ1) is 14.2. The molecule has 0 saturated heterocycles. The molecule has 1 saturated carbocycles. The molecular formula is C23H22N4O2. The third-order valence-corrected chi connectivity index (χ3v) is 5.95. The molecule has 0 atom stereocenters. The van der Waals surface area contributed by atoms with Crippen LogP contribution in [0.4, 0.5) is 0 Å². The Hall–Kier alpha value is -3.41. The van der Waals surface area contributed by atoms with E-state index in [0.29, 0.717) is 11.1 Å². The second-order valence-corrected chi connectivity index (χ2v) is 7.78. The Kier molecular flexibility index (Phi) is 4.39. The van der Waals surface area contributed by atoms with Crippen LogP contribution in [0.15, 0.2) is 59.4 Å². The van der Waals surface area contributed by atoms with Gasteiger partial charge in [0, 0.05) is 28.2 Å². The maximum absolute atomic E-state index is 12.7. The fourth-order valence-electron chi connectivity index (χ4n) is 4.42. The summed E-state index contributed by atoms with van der Waals surface area (Å²) >= 11 is 0. The average Bonchev–Trinajstić information content (AvgIpc) is 3.20. The SMILES string of the molecule is O=C(NC1CCC(c2n[nH]c(=O)c3ccccc23)CC1)c1cc2ccccc2[nH]1. The third kappa shape index (κ3) is 3.31. The van der Waals surface area contributed by atoms with Gasteiger partial charge in [0.05, 0.1) is 11.1 Å². The van der Waals surface area contributed by atoms with Crippen LogP contribution < -0.4 is 10.9 Å². The molecule has 5 rings (SSSR count). The lowest BCUT2D eigenvalue weighted by Crippen LogP contribution is -2.37. The first-order valence-electron chi connectivity index (χ1n) is 10.0. The Balaban J connectivity index is 1.28. The number of hydrogen-bond acceptors (Lipinski definition) is 3. The van der Waals surface area contributed by atoms with Crippen LogP contribution in [0.3, 0.4) is 0 Å². The number of H-pyrrole nitrogens is 2. The summed E-state index contributed by atoms with van der Waals surface area (Å²) in [6, 6.07) is 17.6. The van der Waals surface area contributed by atoms with Crippen LogP contribution in [0, 0.1) is 0 Å². The Morgan fingerprint density at radius 1 is 0.966 bits per heavy atom. The van der Waals surface area contributed by atoms with Crippen molar-refractivity contribution >= 4 is 27.6 Å². The third-order valence-electron chi connectivity index (χ3n) is 5.95. The number of amides is 1. The molecule has 0 spiro atoms. The summed E-state index contributed by atoms with van der Waals surface area (Å²) in [5, 5.41) is 12.8. The van der Waals surface area contributed by atoms with Crippen LogP contribution in [-0.2, 0) is 0 Å². The molecule has 1 fully saturated rings. The minimum atomic E-state index is -0.149. The molecule has 0 unspecified atom stereocenters. The highest BCUT2D eigenvalue weighted by molar-refractivity contribution is 5.98. The number of carbonyl (C=O) groups is 1. The summed E-state index contributed by atoms with van der Waals surface area (Å²) in [5.74, 6) is 0.232. The Bertz CT molecular complexity index is 1220. The maximum Gasteiger partial charge on any atom is 0.272 e. The van der Waals surface area contributed by atoms with Crippen LogP contribution in [0.2, 0.25) is 0 Å². The van der Waals surface area contributed by atoms with Gasteiger partial charge in [-0.25, -0.2) is 5.10 Å². The van der Waals surface area contributed by atoms with E-state index in [1.165, 1.54) is 0 Å². The molecule has 0 bridgehead atoms. The van der Waals surface area contributed by atoms with Crippen molar-refractivity contribution in [1.29, 1.82) is 0 Å². The standard InChI is InChI=1S/C23H22N4O2/c28-22-18-7-3-2-6-17(18)21(26-27-22)14-9-11-16(12-10-14)24-23(29)20-13-15-5-1-4-8-19(15)25-20/h1-8,13-14,16,25H,9-12H2,(H,24,29)(H,27,28). The number of fused-ring (bicyclic) bond motifs is 2. The van der Waals surface area contributed by atoms with Crippen LogP contribution in [0.25, 0.3) is 21.7 Å². The van der Waals surface area contributed by atoms with Gasteiger partial charge in [-0.1, -0.05) is 36.4 Å². The predicted octanol–water partition coefficient (Wildman–Crippen LogP) is 3.86. The maximum atomic E-state index is 12.7. The van der Waals surface area contributed by atoms with Gasteiger partial charge in [-0.2, -0.15) is 5.10 Å². The van der Waals surface area contributed by atoms with Crippen LogP contribution in [-0.4, -0.2) is 27.1 Å². The van der Waals surface area contributed by atoms with Crippen molar-refractivity contribution in [3.8, 4) is 0 Å². The zero-order valence-electron chi connectivity index (χ0n) is 15.9. The van der Waals surface area contributed by atoms with Crippen molar-refractivity contribution in [1.82, 2.24) is 20.5 Å². The van der Waals surface area contributed by atoms with Gasteiger partial charge in [-0.05, 0) is 43.9 Å². The van der Waals surface area contributed by atoms with E-state index in [0.717, 1.165) is 47.7 Å².